The lowest BCUT2D eigenvalue weighted by Gasteiger charge is -2.32. The van der Waals surface area contributed by atoms with Gasteiger partial charge in [0.25, 0.3) is 5.91 Å². The van der Waals surface area contributed by atoms with Crippen molar-refractivity contribution in [2.24, 2.45) is 5.92 Å². The van der Waals surface area contributed by atoms with E-state index in [0.29, 0.717) is 5.92 Å². The number of likely N-dealkylation sites (tertiary alicyclic amines) is 1. The van der Waals surface area contributed by atoms with Crippen molar-refractivity contribution < 1.29 is 9.53 Å². The zero-order valence-corrected chi connectivity index (χ0v) is 13.0. The van der Waals surface area contributed by atoms with E-state index < -0.39 is 0 Å². The van der Waals surface area contributed by atoms with Gasteiger partial charge in [0.1, 0.15) is 0 Å². The fourth-order valence-corrected chi connectivity index (χ4v) is 2.80. The molecule has 1 amide bonds. The molecule has 2 heterocycles. The number of carbonyl (C=O) groups excluding carboxylic acids is 1. The van der Waals surface area contributed by atoms with Gasteiger partial charge in [0, 0.05) is 44.7 Å². The Hall–Kier alpha value is -1.46. The molecule has 21 heavy (non-hydrogen) atoms. The van der Waals surface area contributed by atoms with E-state index in [4.69, 9.17) is 4.74 Å². The maximum Gasteiger partial charge on any atom is 0.251 e. The number of aromatic nitrogens is 1. The predicted octanol–water partition coefficient (Wildman–Crippen LogP) is 1.48. The summed E-state index contributed by atoms with van der Waals surface area (Å²) in [5.74, 6) is 0.533. The van der Waals surface area contributed by atoms with E-state index in [1.165, 1.54) is 12.8 Å². The van der Waals surface area contributed by atoms with Crippen LogP contribution in [0.2, 0.25) is 0 Å². The number of methoxy groups -OCH3 is 1. The van der Waals surface area contributed by atoms with Gasteiger partial charge in [0.15, 0.2) is 0 Å². The average Bonchev–Trinajstić information content (AvgIpc) is 2.51. The zero-order valence-electron chi connectivity index (χ0n) is 13.0. The number of piperidine rings is 1. The summed E-state index contributed by atoms with van der Waals surface area (Å²) >= 11 is 0. The van der Waals surface area contributed by atoms with E-state index in [9.17, 15) is 4.79 Å². The zero-order chi connectivity index (χ0) is 15.1. The molecule has 1 unspecified atom stereocenters. The van der Waals surface area contributed by atoms with Crippen molar-refractivity contribution in [1.82, 2.24) is 15.2 Å². The Morgan fingerprint density at radius 3 is 3.19 bits per heavy atom. The van der Waals surface area contributed by atoms with Gasteiger partial charge in [-0.1, -0.05) is 0 Å². The van der Waals surface area contributed by atoms with Crippen LogP contribution >= 0.6 is 0 Å². The summed E-state index contributed by atoms with van der Waals surface area (Å²) in [6, 6.07) is 1.77. The van der Waals surface area contributed by atoms with Gasteiger partial charge in [-0.05, 0) is 43.9 Å². The van der Waals surface area contributed by atoms with E-state index in [2.05, 4.69) is 15.2 Å². The number of hydrogen-bond donors (Lipinski definition) is 1. The third kappa shape index (κ3) is 4.79. The van der Waals surface area contributed by atoms with Gasteiger partial charge in [-0.25, -0.2) is 0 Å². The second-order valence-corrected chi connectivity index (χ2v) is 5.70. The highest BCUT2D eigenvalue weighted by Gasteiger charge is 2.20. The summed E-state index contributed by atoms with van der Waals surface area (Å²) in [6.07, 6.45) is 5.76. The third-order valence-corrected chi connectivity index (χ3v) is 4.03. The molecule has 1 N–H and O–H groups in total. The van der Waals surface area contributed by atoms with Crippen LogP contribution in [0.15, 0.2) is 18.5 Å². The van der Waals surface area contributed by atoms with E-state index >= 15 is 0 Å². The summed E-state index contributed by atoms with van der Waals surface area (Å²) < 4.78 is 5.13. The molecule has 0 saturated carbocycles. The first-order valence-electron chi connectivity index (χ1n) is 7.61. The number of hydrogen-bond acceptors (Lipinski definition) is 4. The molecule has 0 radical (unpaired) electrons. The van der Waals surface area contributed by atoms with Crippen molar-refractivity contribution in [1.29, 1.82) is 0 Å². The summed E-state index contributed by atoms with van der Waals surface area (Å²) in [5, 5.41) is 3.06. The Kier molecular flexibility index (Phi) is 6.14. The highest BCUT2D eigenvalue weighted by atomic mass is 16.5. The van der Waals surface area contributed by atoms with Gasteiger partial charge in [-0.3, -0.25) is 9.78 Å². The molecule has 116 valence electrons. The molecule has 1 saturated heterocycles. The fourth-order valence-electron chi connectivity index (χ4n) is 2.80. The SMILES string of the molecule is COCCN1CCCC(CNC(=O)c2ccncc2C)C1. The second kappa shape index (κ2) is 8.10. The molecule has 1 aliphatic rings. The van der Waals surface area contributed by atoms with Crippen LogP contribution in [0, 0.1) is 12.8 Å². The molecule has 2 rings (SSSR count). The maximum absolute atomic E-state index is 12.2. The van der Waals surface area contributed by atoms with Crippen molar-refractivity contribution in [3.05, 3.63) is 29.6 Å². The fraction of sp³-hybridized carbons (Fsp3) is 0.625. The first kappa shape index (κ1) is 15.9. The molecule has 5 nitrogen and oxygen atoms in total. The van der Waals surface area contributed by atoms with Gasteiger partial charge in [-0.15, -0.1) is 0 Å². The Labute approximate surface area is 126 Å². The van der Waals surface area contributed by atoms with Crippen LogP contribution in [0.3, 0.4) is 0 Å². The minimum atomic E-state index is 0.00362. The molecule has 1 aliphatic heterocycles. The van der Waals surface area contributed by atoms with Crippen LogP contribution in [-0.2, 0) is 4.74 Å². The van der Waals surface area contributed by atoms with Crippen LogP contribution in [0.5, 0.6) is 0 Å². The third-order valence-electron chi connectivity index (χ3n) is 4.03. The molecule has 0 aromatic carbocycles. The van der Waals surface area contributed by atoms with Crippen molar-refractivity contribution in [2.75, 3.05) is 39.9 Å². The highest BCUT2D eigenvalue weighted by Crippen LogP contribution is 2.15. The van der Waals surface area contributed by atoms with E-state index in [1.54, 1.807) is 25.6 Å². The summed E-state index contributed by atoms with van der Waals surface area (Å²) in [5.41, 5.74) is 1.64. The lowest BCUT2D eigenvalue weighted by molar-refractivity contribution is 0.0912. The number of aryl methyl sites for hydroxylation is 1. The van der Waals surface area contributed by atoms with E-state index in [0.717, 1.165) is 43.9 Å². The molecule has 0 spiro atoms. The molecular weight excluding hydrogens is 266 g/mol. The smallest absolute Gasteiger partial charge is 0.251 e. The van der Waals surface area contributed by atoms with Crippen molar-refractivity contribution in [3.63, 3.8) is 0 Å². The van der Waals surface area contributed by atoms with Gasteiger partial charge >= 0.3 is 0 Å². The number of pyridine rings is 1. The van der Waals surface area contributed by atoms with Crippen LogP contribution in [0.1, 0.15) is 28.8 Å². The normalized spacial score (nSPS) is 19.4. The summed E-state index contributed by atoms with van der Waals surface area (Å²) in [4.78, 5) is 18.6. The summed E-state index contributed by atoms with van der Waals surface area (Å²) in [6.45, 7) is 6.58. The maximum atomic E-state index is 12.2. The van der Waals surface area contributed by atoms with Crippen LogP contribution in [0.4, 0.5) is 0 Å². The molecule has 1 fully saturated rings. The first-order valence-corrected chi connectivity index (χ1v) is 7.61. The lowest BCUT2D eigenvalue weighted by Crippen LogP contribution is -2.42. The summed E-state index contributed by atoms with van der Waals surface area (Å²) in [7, 11) is 1.73. The highest BCUT2D eigenvalue weighted by molar-refractivity contribution is 5.95. The second-order valence-electron chi connectivity index (χ2n) is 5.70. The molecule has 1 aromatic rings. The number of ether oxygens (including phenoxy) is 1. The predicted molar refractivity (Wildman–Crippen MR) is 82.3 cm³/mol. The van der Waals surface area contributed by atoms with Crippen LogP contribution in [-0.4, -0.2) is 55.7 Å². The van der Waals surface area contributed by atoms with Crippen molar-refractivity contribution in [3.8, 4) is 0 Å². The number of nitrogens with zero attached hydrogens (tertiary/aromatic N) is 2. The Balaban J connectivity index is 1.80. The molecule has 5 heteroatoms. The minimum absolute atomic E-state index is 0.00362. The van der Waals surface area contributed by atoms with Gasteiger partial charge < -0.3 is 15.0 Å². The molecule has 0 bridgehead atoms. The topological polar surface area (TPSA) is 54.5 Å². The Morgan fingerprint density at radius 1 is 1.57 bits per heavy atom. The standard InChI is InChI=1S/C16H25N3O2/c1-13-10-17-6-5-15(13)16(20)18-11-14-4-3-7-19(12-14)8-9-21-2/h5-6,10,14H,3-4,7-9,11-12H2,1-2H3,(H,18,20). The number of carbonyl (C=O) groups is 1. The Bertz CT molecular complexity index is 465. The largest absolute Gasteiger partial charge is 0.383 e. The van der Waals surface area contributed by atoms with Crippen LogP contribution in [0.25, 0.3) is 0 Å². The number of amides is 1. The van der Waals surface area contributed by atoms with E-state index in [1.807, 2.05) is 6.92 Å². The van der Waals surface area contributed by atoms with Gasteiger partial charge in [0.2, 0.25) is 0 Å². The van der Waals surface area contributed by atoms with Gasteiger partial charge in [-0.2, -0.15) is 0 Å². The molecule has 0 aliphatic carbocycles. The van der Waals surface area contributed by atoms with Crippen molar-refractivity contribution in [2.45, 2.75) is 19.8 Å². The monoisotopic (exact) mass is 291 g/mol. The molecule has 1 aromatic heterocycles. The number of nitrogens with one attached hydrogen (secondary N) is 1. The van der Waals surface area contributed by atoms with Gasteiger partial charge in [0.05, 0.1) is 6.61 Å². The lowest BCUT2D eigenvalue weighted by atomic mass is 9.98. The molecular formula is C16H25N3O2. The Morgan fingerprint density at radius 2 is 2.43 bits per heavy atom. The number of rotatable bonds is 6. The average molecular weight is 291 g/mol. The van der Waals surface area contributed by atoms with E-state index in [-0.39, 0.29) is 5.91 Å². The van der Waals surface area contributed by atoms with Crippen LogP contribution < -0.4 is 5.32 Å². The van der Waals surface area contributed by atoms with Crippen molar-refractivity contribution >= 4 is 5.91 Å². The first-order chi connectivity index (χ1) is 10.2. The quantitative estimate of drug-likeness (QED) is 0.862. The molecule has 1 atom stereocenters. The minimum Gasteiger partial charge on any atom is -0.383 e.